The third-order valence-electron chi connectivity index (χ3n) is 3.59. The Kier molecular flexibility index (Phi) is 4.08. The van der Waals surface area contributed by atoms with Crippen LogP contribution in [0.2, 0.25) is 0 Å². The smallest absolute Gasteiger partial charge is 0.156 e. The van der Waals surface area contributed by atoms with Gasteiger partial charge in [-0.1, -0.05) is 24.3 Å². The molecule has 2 aromatic rings. The fourth-order valence-corrected chi connectivity index (χ4v) is 2.58. The standard InChI is InChI=1S/C15H20N4O/c1-12(11-19-6-8-20-9-7-19)17-15-14-5-3-2-4-13(14)10-16-18-15/h2-5,10,12H,6-9,11H2,1H3,(H,17,18). The molecule has 5 nitrogen and oxygen atoms in total. The second-order valence-electron chi connectivity index (χ2n) is 5.24. The minimum atomic E-state index is 0.327. The SMILES string of the molecule is CC(CN1CCOCC1)Nc1nncc2ccccc12. The molecular formula is C15H20N4O. The van der Waals surface area contributed by atoms with Gasteiger partial charge < -0.3 is 10.1 Å². The predicted octanol–water partition coefficient (Wildman–Crippen LogP) is 1.76. The number of aromatic nitrogens is 2. The Hall–Kier alpha value is -1.72. The fraction of sp³-hybridized carbons (Fsp3) is 0.467. The normalized spacial score (nSPS) is 18.1. The van der Waals surface area contributed by atoms with Crippen LogP contribution in [-0.2, 0) is 4.74 Å². The van der Waals surface area contributed by atoms with E-state index in [1.165, 1.54) is 0 Å². The van der Waals surface area contributed by atoms with E-state index in [0.717, 1.165) is 49.4 Å². The van der Waals surface area contributed by atoms with Crippen molar-refractivity contribution in [3.8, 4) is 0 Å². The van der Waals surface area contributed by atoms with E-state index in [9.17, 15) is 0 Å². The number of nitrogens with one attached hydrogen (secondary N) is 1. The number of fused-ring (bicyclic) bond motifs is 1. The molecule has 1 N–H and O–H groups in total. The van der Waals surface area contributed by atoms with Gasteiger partial charge in [-0.05, 0) is 6.92 Å². The summed E-state index contributed by atoms with van der Waals surface area (Å²) in [6.45, 7) is 6.86. The molecule has 3 rings (SSSR count). The van der Waals surface area contributed by atoms with Gasteiger partial charge >= 0.3 is 0 Å². The summed E-state index contributed by atoms with van der Waals surface area (Å²) >= 11 is 0. The maximum atomic E-state index is 5.37. The fourth-order valence-electron chi connectivity index (χ4n) is 2.58. The van der Waals surface area contributed by atoms with Crippen LogP contribution in [0.25, 0.3) is 10.8 Å². The number of ether oxygens (including phenoxy) is 1. The van der Waals surface area contributed by atoms with E-state index in [1.807, 2.05) is 12.1 Å². The molecule has 2 heterocycles. The predicted molar refractivity (Wildman–Crippen MR) is 79.9 cm³/mol. The summed E-state index contributed by atoms with van der Waals surface area (Å²) in [6, 6.07) is 8.51. The highest BCUT2D eigenvalue weighted by Crippen LogP contribution is 2.19. The van der Waals surface area contributed by atoms with E-state index in [2.05, 4.69) is 39.5 Å². The average molecular weight is 272 g/mol. The summed E-state index contributed by atoms with van der Waals surface area (Å²) in [4.78, 5) is 2.42. The summed E-state index contributed by atoms with van der Waals surface area (Å²) in [5.41, 5.74) is 0. The summed E-state index contributed by atoms with van der Waals surface area (Å²) in [7, 11) is 0. The van der Waals surface area contributed by atoms with Crippen LogP contribution in [0.5, 0.6) is 0 Å². The Balaban J connectivity index is 1.69. The summed E-state index contributed by atoms with van der Waals surface area (Å²) < 4.78 is 5.37. The molecule has 106 valence electrons. The van der Waals surface area contributed by atoms with E-state index >= 15 is 0 Å². The number of hydrogen-bond donors (Lipinski definition) is 1. The van der Waals surface area contributed by atoms with Crippen LogP contribution in [0.4, 0.5) is 5.82 Å². The Labute approximate surface area is 118 Å². The molecular weight excluding hydrogens is 252 g/mol. The quantitative estimate of drug-likeness (QED) is 0.919. The molecule has 20 heavy (non-hydrogen) atoms. The largest absolute Gasteiger partial charge is 0.379 e. The van der Waals surface area contributed by atoms with Gasteiger partial charge in [0.1, 0.15) is 0 Å². The van der Waals surface area contributed by atoms with Crippen molar-refractivity contribution >= 4 is 16.6 Å². The molecule has 1 aliphatic heterocycles. The van der Waals surface area contributed by atoms with Crippen LogP contribution >= 0.6 is 0 Å². The number of morpholine rings is 1. The average Bonchev–Trinajstić information content (AvgIpc) is 2.48. The van der Waals surface area contributed by atoms with Gasteiger partial charge in [0.25, 0.3) is 0 Å². The third-order valence-corrected chi connectivity index (χ3v) is 3.59. The number of nitrogens with zero attached hydrogens (tertiary/aromatic N) is 3. The van der Waals surface area contributed by atoms with Gasteiger partial charge in [-0.25, -0.2) is 0 Å². The first-order chi connectivity index (χ1) is 9.83. The van der Waals surface area contributed by atoms with Crippen molar-refractivity contribution in [1.29, 1.82) is 0 Å². The zero-order chi connectivity index (χ0) is 13.8. The Morgan fingerprint density at radius 1 is 1.30 bits per heavy atom. The molecule has 1 aromatic carbocycles. The number of hydrogen-bond acceptors (Lipinski definition) is 5. The molecule has 1 aromatic heterocycles. The molecule has 0 amide bonds. The second kappa shape index (κ2) is 6.15. The molecule has 0 radical (unpaired) electrons. The zero-order valence-electron chi connectivity index (χ0n) is 11.7. The van der Waals surface area contributed by atoms with Crippen molar-refractivity contribution in [1.82, 2.24) is 15.1 Å². The van der Waals surface area contributed by atoms with Crippen molar-refractivity contribution in [2.24, 2.45) is 0 Å². The highest BCUT2D eigenvalue weighted by atomic mass is 16.5. The second-order valence-corrected chi connectivity index (χ2v) is 5.24. The Bertz CT molecular complexity index is 563. The first-order valence-corrected chi connectivity index (χ1v) is 7.10. The third kappa shape index (κ3) is 3.05. The van der Waals surface area contributed by atoms with Crippen LogP contribution in [0.15, 0.2) is 30.5 Å². The molecule has 1 atom stereocenters. The highest BCUT2D eigenvalue weighted by molar-refractivity contribution is 5.90. The highest BCUT2D eigenvalue weighted by Gasteiger charge is 2.14. The van der Waals surface area contributed by atoms with Crippen LogP contribution in [0.1, 0.15) is 6.92 Å². The Morgan fingerprint density at radius 2 is 2.10 bits per heavy atom. The summed E-state index contributed by atoms with van der Waals surface area (Å²) in [6.07, 6.45) is 1.80. The topological polar surface area (TPSA) is 50.3 Å². The van der Waals surface area contributed by atoms with E-state index in [-0.39, 0.29) is 0 Å². The molecule has 1 fully saturated rings. The molecule has 0 bridgehead atoms. The van der Waals surface area contributed by atoms with Crippen molar-refractivity contribution in [2.75, 3.05) is 38.2 Å². The lowest BCUT2D eigenvalue weighted by atomic mass is 10.2. The first-order valence-electron chi connectivity index (χ1n) is 7.10. The number of rotatable bonds is 4. The summed E-state index contributed by atoms with van der Waals surface area (Å²) in [5, 5.41) is 14.0. The van der Waals surface area contributed by atoms with Gasteiger partial charge in [-0.15, -0.1) is 5.10 Å². The lowest BCUT2D eigenvalue weighted by molar-refractivity contribution is 0.0368. The minimum absolute atomic E-state index is 0.327. The van der Waals surface area contributed by atoms with Gasteiger partial charge in [-0.3, -0.25) is 4.90 Å². The van der Waals surface area contributed by atoms with Gasteiger partial charge in [0.15, 0.2) is 5.82 Å². The van der Waals surface area contributed by atoms with Crippen molar-refractivity contribution in [3.05, 3.63) is 30.5 Å². The van der Waals surface area contributed by atoms with Gasteiger partial charge in [0.2, 0.25) is 0 Å². The van der Waals surface area contributed by atoms with Crippen LogP contribution in [-0.4, -0.2) is 54.0 Å². The van der Waals surface area contributed by atoms with Crippen LogP contribution < -0.4 is 5.32 Å². The van der Waals surface area contributed by atoms with E-state index in [0.29, 0.717) is 6.04 Å². The minimum Gasteiger partial charge on any atom is -0.379 e. The molecule has 1 unspecified atom stereocenters. The van der Waals surface area contributed by atoms with Crippen molar-refractivity contribution < 1.29 is 4.74 Å². The first kappa shape index (κ1) is 13.3. The van der Waals surface area contributed by atoms with E-state index in [4.69, 9.17) is 4.74 Å². The summed E-state index contributed by atoms with van der Waals surface area (Å²) in [5.74, 6) is 0.865. The van der Waals surface area contributed by atoms with Gasteiger partial charge in [0, 0.05) is 36.4 Å². The molecule has 0 saturated carbocycles. The maximum absolute atomic E-state index is 5.37. The van der Waals surface area contributed by atoms with Crippen LogP contribution in [0.3, 0.4) is 0 Å². The van der Waals surface area contributed by atoms with Crippen molar-refractivity contribution in [2.45, 2.75) is 13.0 Å². The number of anilines is 1. The number of benzene rings is 1. The van der Waals surface area contributed by atoms with Gasteiger partial charge in [-0.2, -0.15) is 5.10 Å². The van der Waals surface area contributed by atoms with E-state index < -0.39 is 0 Å². The van der Waals surface area contributed by atoms with Crippen molar-refractivity contribution in [3.63, 3.8) is 0 Å². The lowest BCUT2D eigenvalue weighted by Gasteiger charge is -2.29. The maximum Gasteiger partial charge on any atom is 0.156 e. The monoisotopic (exact) mass is 272 g/mol. The zero-order valence-corrected chi connectivity index (χ0v) is 11.7. The molecule has 1 aliphatic rings. The molecule has 1 saturated heterocycles. The Morgan fingerprint density at radius 3 is 2.95 bits per heavy atom. The molecule has 5 heteroatoms. The molecule has 0 aliphatic carbocycles. The lowest BCUT2D eigenvalue weighted by Crippen LogP contribution is -2.42. The van der Waals surface area contributed by atoms with Gasteiger partial charge in [0.05, 0.1) is 19.4 Å². The molecule has 0 spiro atoms. The van der Waals surface area contributed by atoms with Crippen LogP contribution in [0, 0.1) is 0 Å². The van der Waals surface area contributed by atoms with E-state index in [1.54, 1.807) is 6.20 Å².